The third-order valence-electron chi connectivity index (χ3n) is 3.93. The topological polar surface area (TPSA) is 46.3 Å². The molecule has 0 aliphatic heterocycles. The monoisotopic (exact) mass is 240 g/mol. The fraction of sp³-hybridized carbons (Fsp3) is 0.929. The van der Waals surface area contributed by atoms with E-state index < -0.39 is 0 Å². The van der Waals surface area contributed by atoms with Gasteiger partial charge >= 0.3 is 0 Å². The summed E-state index contributed by atoms with van der Waals surface area (Å²) in [5.74, 6) is 0.808. The second-order valence-electron chi connectivity index (χ2n) is 5.39. The Labute approximate surface area is 106 Å². The average Bonchev–Trinajstić information content (AvgIpc) is 2.36. The van der Waals surface area contributed by atoms with Gasteiger partial charge in [-0.05, 0) is 18.8 Å². The molecule has 100 valence electrons. The number of carbonyl (C=O) groups excluding carboxylic acids is 1. The Hall–Kier alpha value is -0.570. The summed E-state index contributed by atoms with van der Waals surface area (Å²) in [6, 6.07) is 0.462. The first-order valence-corrected chi connectivity index (χ1v) is 7.18. The fourth-order valence-electron chi connectivity index (χ4n) is 2.60. The van der Waals surface area contributed by atoms with Crippen molar-refractivity contribution in [3.8, 4) is 0 Å². The van der Waals surface area contributed by atoms with Crippen molar-refractivity contribution < 1.29 is 4.79 Å². The van der Waals surface area contributed by atoms with Crippen LogP contribution < -0.4 is 5.73 Å². The third-order valence-corrected chi connectivity index (χ3v) is 3.93. The fourth-order valence-corrected chi connectivity index (χ4v) is 2.60. The summed E-state index contributed by atoms with van der Waals surface area (Å²) in [5.41, 5.74) is 5.64. The maximum Gasteiger partial charge on any atom is 0.223 e. The lowest BCUT2D eigenvalue weighted by atomic mass is 9.93. The van der Waals surface area contributed by atoms with Crippen molar-refractivity contribution in [2.24, 2.45) is 11.7 Å². The summed E-state index contributed by atoms with van der Waals surface area (Å²) in [4.78, 5) is 14.3. The Morgan fingerprint density at radius 2 is 2.00 bits per heavy atom. The Morgan fingerprint density at radius 3 is 2.53 bits per heavy atom. The van der Waals surface area contributed by atoms with Crippen molar-refractivity contribution in [2.75, 3.05) is 13.1 Å². The molecular weight excluding hydrogens is 212 g/mol. The lowest BCUT2D eigenvalue weighted by Gasteiger charge is -2.34. The highest BCUT2D eigenvalue weighted by atomic mass is 16.2. The average molecular weight is 240 g/mol. The lowest BCUT2D eigenvalue weighted by Crippen LogP contribution is -2.44. The van der Waals surface area contributed by atoms with Crippen LogP contribution in [0.5, 0.6) is 0 Å². The first-order chi connectivity index (χ1) is 8.19. The molecule has 0 aromatic carbocycles. The van der Waals surface area contributed by atoms with Crippen LogP contribution in [0.4, 0.5) is 0 Å². The lowest BCUT2D eigenvalue weighted by molar-refractivity contribution is -0.135. The second kappa shape index (κ2) is 7.70. The zero-order valence-electron chi connectivity index (χ0n) is 11.5. The summed E-state index contributed by atoms with van der Waals surface area (Å²) in [6.45, 7) is 5.62. The summed E-state index contributed by atoms with van der Waals surface area (Å²) < 4.78 is 0. The summed E-state index contributed by atoms with van der Waals surface area (Å²) >= 11 is 0. The van der Waals surface area contributed by atoms with Crippen molar-refractivity contribution in [1.82, 2.24) is 4.90 Å². The van der Waals surface area contributed by atoms with Crippen molar-refractivity contribution >= 4 is 5.91 Å². The molecule has 3 nitrogen and oxygen atoms in total. The molecule has 1 fully saturated rings. The van der Waals surface area contributed by atoms with E-state index in [4.69, 9.17) is 5.73 Å². The first kappa shape index (κ1) is 14.5. The smallest absolute Gasteiger partial charge is 0.223 e. The van der Waals surface area contributed by atoms with Gasteiger partial charge in [-0.3, -0.25) is 4.79 Å². The number of nitrogens with two attached hydrogens (primary N) is 1. The van der Waals surface area contributed by atoms with Crippen LogP contribution >= 0.6 is 0 Å². The molecule has 0 spiro atoms. The highest BCUT2D eigenvalue weighted by Crippen LogP contribution is 2.23. The molecule has 0 radical (unpaired) electrons. The molecule has 1 unspecified atom stereocenters. The quantitative estimate of drug-likeness (QED) is 0.775. The maximum atomic E-state index is 12.3. The molecule has 0 aromatic rings. The molecule has 1 amide bonds. The highest BCUT2D eigenvalue weighted by Gasteiger charge is 2.25. The van der Waals surface area contributed by atoms with Crippen LogP contribution in [0.25, 0.3) is 0 Å². The number of hydrogen-bond acceptors (Lipinski definition) is 2. The van der Waals surface area contributed by atoms with Gasteiger partial charge in [-0.25, -0.2) is 0 Å². The van der Waals surface area contributed by atoms with Crippen molar-refractivity contribution in [2.45, 2.75) is 64.8 Å². The van der Waals surface area contributed by atoms with E-state index >= 15 is 0 Å². The molecule has 3 heteroatoms. The van der Waals surface area contributed by atoms with Crippen LogP contribution in [0.2, 0.25) is 0 Å². The van der Waals surface area contributed by atoms with Crippen LogP contribution in [0.1, 0.15) is 58.8 Å². The molecule has 0 bridgehead atoms. The Balaban J connectivity index is 2.53. The number of amides is 1. The Bertz CT molecular complexity index is 224. The van der Waals surface area contributed by atoms with E-state index in [1.54, 1.807) is 0 Å². The third kappa shape index (κ3) is 4.66. The standard InChI is InChI=1S/C14H28N2O/c1-3-12(2)11-14(17)16(10-9-15)13-7-5-4-6-8-13/h12-13H,3-11,15H2,1-2H3. The first-order valence-electron chi connectivity index (χ1n) is 7.18. The zero-order chi connectivity index (χ0) is 12.7. The van der Waals surface area contributed by atoms with Gasteiger partial charge in [0.2, 0.25) is 5.91 Å². The van der Waals surface area contributed by atoms with Crippen LogP contribution in [0.15, 0.2) is 0 Å². The normalized spacial score (nSPS) is 19.0. The van der Waals surface area contributed by atoms with Gasteiger partial charge in [0.1, 0.15) is 0 Å². The molecule has 1 aliphatic carbocycles. The SMILES string of the molecule is CCC(C)CC(=O)N(CCN)C1CCCCC1. The molecule has 0 saturated heterocycles. The molecule has 17 heavy (non-hydrogen) atoms. The van der Waals surface area contributed by atoms with Gasteiger partial charge < -0.3 is 10.6 Å². The van der Waals surface area contributed by atoms with Gasteiger partial charge in [-0.1, -0.05) is 39.5 Å². The number of hydrogen-bond donors (Lipinski definition) is 1. The minimum absolute atomic E-state index is 0.316. The summed E-state index contributed by atoms with van der Waals surface area (Å²) in [5, 5.41) is 0. The second-order valence-corrected chi connectivity index (χ2v) is 5.39. The molecule has 0 aromatic heterocycles. The summed E-state index contributed by atoms with van der Waals surface area (Å²) in [6.07, 6.45) is 7.97. The van der Waals surface area contributed by atoms with Gasteiger partial charge in [-0.2, -0.15) is 0 Å². The number of nitrogens with zero attached hydrogens (tertiary/aromatic N) is 1. The maximum absolute atomic E-state index is 12.3. The molecule has 1 saturated carbocycles. The molecular formula is C14H28N2O. The zero-order valence-corrected chi connectivity index (χ0v) is 11.5. The molecule has 2 N–H and O–H groups in total. The van der Waals surface area contributed by atoms with Crippen LogP contribution in [0, 0.1) is 5.92 Å². The largest absolute Gasteiger partial charge is 0.338 e. The minimum atomic E-state index is 0.316. The van der Waals surface area contributed by atoms with Crippen molar-refractivity contribution in [1.29, 1.82) is 0 Å². The van der Waals surface area contributed by atoms with Crippen LogP contribution in [-0.4, -0.2) is 29.9 Å². The van der Waals surface area contributed by atoms with E-state index in [0.29, 0.717) is 30.8 Å². The van der Waals surface area contributed by atoms with Gasteiger partial charge in [-0.15, -0.1) is 0 Å². The predicted molar refractivity (Wildman–Crippen MR) is 71.7 cm³/mol. The number of carbonyl (C=O) groups is 1. The van der Waals surface area contributed by atoms with E-state index in [2.05, 4.69) is 18.7 Å². The van der Waals surface area contributed by atoms with Crippen molar-refractivity contribution in [3.05, 3.63) is 0 Å². The van der Waals surface area contributed by atoms with Gasteiger partial charge in [0.25, 0.3) is 0 Å². The van der Waals surface area contributed by atoms with Gasteiger partial charge in [0.15, 0.2) is 0 Å². The van der Waals surface area contributed by atoms with E-state index in [-0.39, 0.29) is 0 Å². The van der Waals surface area contributed by atoms with E-state index in [1.165, 1.54) is 32.1 Å². The Morgan fingerprint density at radius 1 is 1.35 bits per heavy atom. The van der Waals surface area contributed by atoms with Crippen LogP contribution in [-0.2, 0) is 4.79 Å². The number of rotatable bonds is 6. The van der Waals surface area contributed by atoms with E-state index in [1.807, 2.05) is 0 Å². The predicted octanol–water partition coefficient (Wildman–Crippen LogP) is 2.54. The molecule has 1 aliphatic rings. The van der Waals surface area contributed by atoms with E-state index in [0.717, 1.165) is 13.0 Å². The van der Waals surface area contributed by atoms with Gasteiger partial charge in [0, 0.05) is 25.6 Å². The molecule has 0 heterocycles. The van der Waals surface area contributed by atoms with Gasteiger partial charge in [0.05, 0.1) is 0 Å². The molecule has 1 atom stereocenters. The van der Waals surface area contributed by atoms with Crippen molar-refractivity contribution in [3.63, 3.8) is 0 Å². The van der Waals surface area contributed by atoms with E-state index in [9.17, 15) is 4.79 Å². The Kier molecular flexibility index (Phi) is 6.56. The minimum Gasteiger partial charge on any atom is -0.338 e. The summed E-state index contributed by atoms with van der Waals surface area (Å²) in [7, 11) is 0. The highest BCUT2D eigenvalue weighted by molar-refractivity contribution is 5.76. The molecule has 1 rings (SSSR count). The van der Waals surface area contributed by atoms with Crippen LogP contribution in [0.3, 0.4) is 0 Å².